The predicted molar refractivity (Wildman–Crippen MR) is 131 cm³/mol. The Balaban J connectivity index is 1.39. The number of nitrogens with one attached hydrogen (secondary N) is 1. The van der Waals surface area contributed by atoms with Crippen LogP contribution >= 0.6 is 11.3 Å². The summed E-state index contributed by atoms with van der Waals surface area (Å²) in [6.45, 7) is 0.755. The number of rotatable bonds is 6. The van der Waals surface area contributed by atoms with Gasteiger partial charge in [0.15, 0.2) is 5.13 Å². The molecule has 4 N–H and O–H groups in total. The van der Waals surface area contributed by atoms with E-state index in [1.807, 2.05) is 6.07 Å². The van der Waals surface area contributed by atoms with E-state index in [2.05, 4.69) is 10.3 Å². The lowest BCUT2D eigenvalue weighted by Gasteiger charge is -2.32. The molecule has 3 aromatic rings. The summed E-state index contributed by atoms with van der Waals surface area (Å²) in [5, 5.41) is 22.6. The molecule has 1 aliphatic rings. The Hall–Kier alpha value is -4.30. The predicted octanol–water partition coefficient (Wildman–Crippen LogP) is 3.95. The third-order valence-electron chi connectivity index (χ3n) is 5.69. The highest BCUT2D eigenvalue weighted by molar-refractivity contribution is 7.18. The van der Waals surface area contributed by atoms with Gasteiger partial charge in [0.05, 0.1) is 5.56 Å². The molecule has 1 saturated heterocycles. The second kappa shape index (κ2) is 10.5. The minimum Gasteiger partial charge on any atom is -0.508 e. The summed E-state index contributed by atoms with van der Waals surface area (Å²) in [7, 11) is 0. The number of nitrogen functional groups attached to an aromatic ring is 1. The maximum Gasteiger partial charge on any atom is 0.264 e. The summed E-state index contributed by atoms with van der Waals surface area (Å²) < 4.78 is 28.0. The van der Waals surface area contributed by atoms with Crippen molar-refractivity contribution in [1.29, 1.82) is 5.26 Å². The van der Waals surface area contributed by atoms with Gasteiger partial charge in [-0.05, 0) is 48.7 Å². The highest BCUT2D eigenvalue weighted by atomic mass is 32.1. The number of amides is 1. The number of carbonyl (C=O) groups is 2. The van der Waals surface area contributed by atoms with Crippen molar-refractivity contribution in [3.05, 3.63) is 75.7 Å². The Morgan fingerprint density at radius 1 is 1.19 bits per heavy atom. The maximum atomic E-state index is 14.0. The van der Waals surface area contributed by atoms with Crippen molar-refractivity contribution in [2.75, 3.05) is 24.1 Å². The van der Waals surface area contributed by atoms with Crippen LogP contribution in [0.1, 0.15) is 33.6 Å². The fourth-order valence-electron chi connectivity index (χ4n) is 3.88. The largest absolute Gasteiger partial charge is 0.508 e. The molecule has 0 spiro atoms. The van der Waals surface area contributed by atoms with Gasteiger partial charge < -0.3 is 21.1 Å². The number of ketones is 1. The number of halogens is 2. The number of nitriles is 1. The van der Waals surface area contributed by atoms with E-state index in [0.717, 1.165) is 23.5 Å². The highest BCUT2D eigenvalue weighted by Gasteiger charge is 2.27. The lowest BCUT2D eigenvalue weighted by molar-refractivity contribution is -0.127. The monoisotopic (exact) mass is 509 g/mol. The van der Waals surface area contributed by atoms with Crippen molar-refractivity contribution in [3.8, 4) is 11.8 Å². The molecule has 4 rings (SSSR count). The topological polar surface area (TPSA) is 132 Å². The molecule has 0 bridgehead atoms. The number of phenolic OH excluding ortho intramolecular Hbond substituents is 1. The average Bonchev–Trinajstić information content (AvgIpc) is 3.22. The van der Waals surface area contributed by atoms with Gasteiger partial charge in [-0.25, -0.2) is 13.8 Å². The molecule has 0 aliphatic carbocycles. The number of benzene rings is 2. The summed E-state index contributed by atoms with van der Waals surface area (Å²) in [4.78, 5) is 31.1. The molecule has 11 heteroatoms. The maximum absolute atomic E-state index is 14.0. The smallest absolute Gasteiger partial charge is 0.264 e. The van der Waals surface area contributed by atoms with E-state index in [1.54, 1.807) is 17.0 Å². The van der Waals surface area contributed by atoms with E-state index in [-0.39, 0.29) is 28.1 Å². The number of aromatic nitrogens is 1. The van der Waals surface area contributed by atoms with Crippen molar-refractivity contribution in [2.45, 2.75) is 18.9 Å². The van der Waals surface area contributed by atoms with Gasteiger partial charge in [-0.15, -0.1) is 0 Å². The molecule has 1 amide bonds. The van der Waals surface area contributed by atoms with Crippen LogP contribution in [-0.2, 0) is 4.79 Å². The number of carbonyl (C=O) groups excluding carboxylic acids is 2. The van der Waals surface area contributed by atoms with E-state index in [1.165, 1.54) is 24.3 Å². The van der Waals surface area contributed by atoms with Gasteiger partial charge in [-0.3, -0.25) is 9.59 Å². The van der Waals surface area contributed by atoms with E-state index in [0.29, 0.717) is 36.6 Å². The number of thiazole rings is 1. The normalized spacial score (nSPS) is 14.4. The number of piperidine rings is 1. The van der Waals surface area contributed by atoms with Crippen molar-refractivity contribution >= 4 is 40.1 Å². The van der Waals surface area contributed by atoms with Gasteiger partial charge in [0.25, 0.3) is 5.91 Å². The molecule has 2 heterocycles. The standard InChI is InChI=1S/C25H21F2N5O3S/c26-18-5-2-6-19(27)20(18)21(34)22-23(29)31-25(36-22)30-16-7-9-32(10-8-16)24(35)15(13-28)11-14-3-1-4-17(33)12-14/h1-6,11-12,16,33H,7-10,29H2,(H,30,31)/b15-11-. The van der Waals surface area contributed by atoms with Gasteiger partial charge in [-0.1, -0.05) is 29.5 Å². The van der Waals surface area contributed by atoms with Gasteiger partial charge in [0, 0.05) is 19.1 Å². The molecule has 2 aromatic carbocycles. The number of phenols is 1. The van der Waals surface area contributed by atoms with E-state index in [9.17, 15) is 28.7 Å². The first kappa shape index (κ1) is 24.8. The van der Waals surface area contributed by atoms with Crippen molar-refractivity contribution < 1.29 is 23.5 Å². The fraction of sp³-hybridized carbons (Fsp3) is 0.200. The van der Waals surface area contributed by atoms with Crippen LogP contribution < -0.4 is 11.1 Å². The molecule has 0 atom stereocenters. The summed E-state index contributed by atoms with van der Waals surface area (Å²) in [6, 6.07) is 11.3. The quantitative estimate of drug-likeness (QED) is 0.260. The van der Waals surface area contributed by atoms with Crippen LogP contribution in [0.2, 0.25) is 0 Å². The molecule has 1 aliphatic heterocycles. The van der Waals surface area contributed by atoms with Crippen LogP contribution in [0.3, 0.4) is 0 Å². The molecule has 8 nitrogen and oxygen atoms in total. The first-order chi connectivity index (χ1) is 17.3. The molecular formula is C25H21F2N5O3S. The van der Waals surface area contributed by atoms with Crippen molar-refractivity contribution in [1.82, 2.24) is 9.88 Å². The van der Waals surface area contributed by atoms with Gasteiger partial charge >= 0.3 is 0 Å². The zero-order chi connectivity index (χ0) is 25.8. The van der Waals surface area contributed by atoms with Crippen LogP contribution in [0.25, 0.3) is 6.08 Å². The van der Waals surface area contributed by atoms with E-state index in [4.69, 9.17) is 5.73 Å². The minimum absolute atomic E-state index is 0.0343. The number of nitrogens with zero attached hydrogens (tertiary/aromatic N) is 3. The number of anilines is 2. The fourth-order valence-corrected chi connectivity index (χ4v) is 4.79. The van der Waals surface area contributed by atoms with Gasteiger partial charge in [0.2, 0.25) is 5.78 Å². The molecular weight excluding hydrogens is 488 g/mol. The first-order valence-corrected chi connectivity index (χ1v) is 11.8. The van der Waals surface area contributed by atoms with Crippen molar-refractivity contribution in [3.63, 3.8) is 0 Å². The van der Waals surface area contributed by atoms with Gasteiger partial charge in [-0.2, -0.15) is 5.26 Å². The molecule has 0 radical (unpaired) electrons. The Morgan fingerprint density at radius 2 is 1.86 bits per heavy atom. The minimum atomic E-state index is -0.978. The second-order valence-corrected chi connectivity index (χ2v) is 9.13. The average molecular weight is 510 g/mol. The summed E-state index contributed by atoms with van der Waals surface area (Å²) in [6.07, 6.45) is 2.52. The lowest BCUT2D eigenvalue weighted by atomic mass is 10.0. The zero-order valence-electron chi connectivity index (χ0n) is 18.9. The van der Waals surface area contributed by atoms with Crippen LogP contribution in [0, 0.1) is 23.0 Å². The Labute approximate surface area is 209 Å². The summed E-state index contributed by atoms with van der Waals surface area (Å²) >= 11 is 0.908. The van der Waals surface area contributed by atoms with Crippen LogP contribution in [0.5, 0.6) is 5.75 Å². The third-order valence-corrected chi connectivity index (χ3v) is 6.69. The number of hydrogen-bond acceptors (Lipinski definition) is 8. The van der Waals surface area contributed by atoms with Crippen LogP contribution in [0.15, 0.2) is 48.0 Å². The SMILES string of the molecule is N#C/C(=C/c1cccc(O)c1)C(=O)N1CCC(Nc2nc(N)c(C(=O)c3c(F)cccc3F)s2)CC1. The second-order valence-electron chi connectivity index (χ2n) is 8.13. The molecule has 0 saturated carbocycles. The number of hydrogen-bond donors (Lipinski definition) is 3. The summed E-state index contributed by atoms with van der Waals surface area (Å²) in [5.74, 6) is -3.33. The molecule has 1 fully saturated rings. The lowest BCUT2D eigenvalue weighted by Crippen LogP contribution is -2.42. The molecule has 36 heavy (non-hydrogen) atoms. The Morgan fingerprint density at radius 3 is 2.50 bits per heavy atom. The zero-order valence-corrected chi connectivity index (χ0v) is 19.7. The third kappa shape index (κ3) is 5.34. The van der Waals surface area contributed by atoms with Crippen LogP contribution in [-0.4, -0.2) is 45.8 Å². The molecule has 1 aromatic heterocycles. The number of nitrogens with two attached hydrogens (primary N) is 1. The summed E-state index contributed by atoms with van der Waals surface area (Å²) in [5.41, 5.74) is 5.68. The number of likely N-dealkylation sites (tertiary alicyclic amines) is 1. The van der Waals surface area contributed by atoms with Crippen molar-refractivity contribution in [2.24, 2.45) is 0 Å². The van der Waals surface area contributed by atoms with Gasteiger partial charge in [0.1, 0.15) is 39.7 Å². The molecule has 184 valence electrons. The highest BCUT2D eigenvalue weighted by Crippen LogP contribution is 2.30. The van der Waals surface area contributed by atoms with E-state index < -0.39 is 28.9 Å². The Kier molecular flexibility index (Phi) is 7.26. The Bertz CT molecular complexity index is 1370. The molecule has 0 unspecified atom stereocenters. The van der Waals surface area contributed by atoms with E-state index >= 15 is 0 Å². The number of aromatic hydroxyl groups is 1. The first-order valence-electron chi connectivity index (χ1n) is 11.0. The van der Waals surface area contributed by atoms with Crippen LogP contribution in [0.4, 0.5) is 19.7 Å².